The fraction of sp³-hybridized carbons (Fsp3) is 0.478. The number of benzene rings is 1. The van der Waals surface area contributed by atoms with Crippen LogP contribution >= 0.6 is 11.3 Å². The average molecular weight is 399 g/mol. The summed E-state index contributed by atoms with van der Waals surface area (Å²) >= 11 is 1.59. The molecule has 2 aromatic rings. The normalized spacial score (nSPS) is 14.7. The van der Waals surface area contributed by atoms with Gasteiger partial charge in [0, 0.05) is 35.7 Å². The van der Waals surface area contributed by atoms with E-state index in [1.165, 1.54) is 10.4 Å². The van der Waals surface area contributed by atoms with Gasteiger partial charge in [0.15, 0.2) is 0 Å². The second kappa shape index (κ2) is 8.18. The van der Waals surface area contributed by atoms with Gasteiger partial charge in [0.05, 0.1) is 5.56 Å². The molecule has 4 nitrogen and oxygen atoms in total. The lowest BCUT2D eigenvalue weighted by Crippen LogP contribution is -2.30. The topological polar surface area (TPSA) is 63.4 Å². The zero-order valence-corrected chi connectivity index (χ0v) is 18.1. The van der Waals surface area contributed by atoms with Gasteiger partial charge >= 0.3 is 0 Å². The summed E-state index contributed by atoms with van der Waals surface area (Å²) in [5.74, 6) is -0.281. The number of likely N-dealkylation sites (N-methyl/N-ethyl adjacent to an activating group) is 1. The molecule has 3 rings (SSSR count). The minimum Gasteiger partial charge on any atom is -0.366 e. The number of thiophene rings is 1. The summed E-state index contributed by atoms with van der Waals surface area (Å²) in [4.78, 5) is 29.2. The monoisotopic (exact) mass is 398 g/mol. The van der Waals surface area contributed by atoms with E-state index >= 15 is 0 Å². The molecule has 0 fully saturated rings. The SMILES string of the molecule is CCN1CCc2c(sc(CC(=O)Cc3ccc(C(C)(C)C)cc3)c2C(N)=O)C1. The largest absolute Gasteiger partial charge is 0.366 e. The minimum absolute atomic E-state index is 0.0986. The Labute approximate surface area is 171 Å². The number of amides is 1. The van der Waals surface area contributed by atoms with Crippen molar-refractivity contribution in [1.29, 1.82) is 0 Å². The lowest BCUT2D eigenvalue weighted by atomic mass is 9.86. The van der Waals surface area contributed by atoms with Gasteiger partial charge in [0.25, 0.3) is 0 Å². The molecule has 2 heterocycles. The van der Waals surface area contributed by atoms with Gasteiger partial charge in [-0.15, -0.1) is 11.3 Å². The summed E-state index contributed by atoms with van der Waals surface area (Å²) in [6, 6.07) is 8.26. The first-order valence-electron chi connectivity index (χ1n) is 9.95. The lowest BCUT2D eigenvalue weighted by Gasteiger charge is -2.25. The first kappa shape index (κ1) is 20.7. The van der Waals surface area contributed by atoms with Crippen LogP contribution in [0.1, 0.15) is 64.5 Å². The molecular weight excluding hydrogens is 368 g/mol. The van der Waals surface area contributed by atoms with E-state index in [0.717, 1.165) is 42.1 Å². The smallest absolute Gasteiger partial charge is 0.250 e. The molecule has 1 aliphatic heterocycles. The maximum absolute atomic E-state index is 12.7. The molecule has 0 bridgehead atoms. The molecule has 0 atom stereocenters. The fourth-order valence-corrected chi connectivity index (χ4v) is 5.22. The van der Waals surface area contributed by atoms with Gasteiger partial charge in [0.2, 0.25) is 5.91 Å². The zero-order valence-electron chi connectivity index (χ0n) is 17.3. The molecule has 0 saturated heterocycles. The Hall–Kier alpha value is -1.98. The number of fused-ring (bicyclic) bond motifs is 1. The van der Waals surface area contributed by atoms with Crippen LogP contribution in [0.2, 0.25) is 0 Å². The molecule has 0 spiro atoms. The van der Waals surface area contributed by atoms with Gasteiger partial charge in [-0.2, -0.15) is 0 Å². The number of carbonyl (C=O) groups excluding carboxylic acids is 2. The van der Waals surface area contributed by atoms with Crippen LogP contribution in [-0.2, 0) is 36.0 Å². The third-order valence-electron chi connectivity index (χ3n) is 5.48. The van der Waals surface area contributed by atoms with Gasteiger partial charge in [0.1, 0.15) is 5.78 Å². The Bertz CT molecular complexity index is 875. The van der Waals surface area contributed by atoms with E-state index in [2.05, 4.69) is 44.7 Å². The van der Waals surface area contributed by atoms with Crippen LogP contribution in [0.4, 0.5) is 0 Å². The van der Waals surface area contributed by atoms with Crippen LogP contribution in [-0.4, -0.2) is 29.7 Å². The highest BCUT2D eigenvalue weighted by Crippen LogP contribution is 2.33. The Morgan fingerprint density at radius 2 is 1.82 bits per heavy atom. The Morgan fingerprint density at radius 1 is 1.14 bits per heavy atom. The molecule has 0 saturated carbocycles. The molecule has 1 aliphatic rings. The molecule has 1 aromatic heterocycles. The van der Waals surface area contributed by atoms with Gasteiger partial charge in [-0.25, -0.2) is 0 Å². The Morgan fingerprint density at radius 3 is 2.39 bits per heavy atom. The predicted molar refractivity (Wildman–Crippen MR) is 115 cm³/mol. The van der Waals surface area contributed by atoms with E-state index in [-0.39, 0.29) is 17.6 Å². The molecule has 5 heteroatoms. The van der Waals surface area contributed by atoms with Gasteiger partial charge in [-0.05, 0) is 35.1 Å². The van der Waals surface area contributed by atoms with E-state index in [4.69, 9.17) is 5.73 Å². The Kier molecular flexibility index (Phi) is 6.06. The number of hydrogen-bond donors (Lipinski definition) is 1. The molecule has 0 unspecified atom stereocenters. The van der Waals surface area contributed by atoms with Crippen LogP contribution in [0.5, 0.6) is 0 Å². The van der Waals surface area contributed by atoms with Crippen molar-refractivity contribution in [3.63, 3.8) is 0 Å². The van der Waals surface area contributed by atoms with Crippen molar-refractivity contribution in [2.75, 3.05) is 13.1 Å². The fourth-order valence-electron chi connectivity index (χ4n) is 3.79. The number of ketones is 1. The van der Waals surface area contributed by atoms with Crippen molar-refractivity contribution in [2.24, 2.45) is 5.73 Å². The highest BCUT2D eigenvalue weighted by atomic mass is 32.1. The summed E-state index contributed by atoms with van der Waals surface area (Å²) < 4.78 is 0. The molecule has 28 heavy (non-hydrogen) atoms. The van der Waals surface area contributed by atoms with Crippen LogP contribution in [0.3, 0.4) is 0 Å². The molecule has 150 valence electrons. The van der Waals surface area contributed by atoms with E-state index in [9.17, 15) is 9.59 Å². The van der Waals surface area contributed by atoms with Crippen molar-refractivity contribution in [3.05, 3.63) is 56.3 Å². The maximum Gasteiger partial charge on any atom is 0.250 e. The number of rotatable bonds is 6. The van der Waals surface area contributed by atoms with Gasteiger partial charge < -0.3 is 5.73 Å². The van der Waals surface area contributed by atoms with Crippen molar-refractivity contribution < 1.29 is 9.59 Å². The summed E-state index contributed by atoms with van der Waals surface area (Å²) in [7, 11) is 0. The quantitative estimate of drug-likeness (QED) is 0.803. The van der Waals surface area contributed by atoms with E-state index in [1.54, 1.807) is 11.3 Å². The third-order valence-corrected chi connectivity index (χ3v) is 6.70. The van der Waals surface area contributed by atoms with Crippen molar-refractivity contribution in [1.82, 2.24) is 4.90 Å². The highest BCUT2D eigenvalue weighted by molar-refractivity contribution is 7.12. The van der Waals surface area contributed by atoms with E-state index in [0.29, 0.717) is 12.0 Å². The molecule has 2 N–H and O–H groups in total. The average Bonchev–Trinajstić information content (AvgIpc) is 2.98. The summed E-state index contributed by atoms with van der Waals surface area (Å²) in [6.45, 7) is 11.4. The number of Topliss-reactive ketones (excluding diaryl/α,β-unsaturated/α-hetero) is 1. The Balaban J connectivity index is 1.75. The van der Waals surface area contributed by atoms with Gasteiger partial charge in [-0.3, -0.25) is 14.5 Å². The number of nitrogens with two attached hydrogens (primary N) is 1. The summed E-state index contributed by atoms with van der Waals surface area (Å²) in [5.41, 5.74) is 9.72. The molecule has 1 amide bonds. The van der Waals surface area contributed by atoms with Crippen LogP contribution in [0, 0.1) is 0 Å². The van der Waals surface area contributed by atoms with Crippen LogP contribution in [0.25, 0.3) is 0 Å². The van der Waals surface area contributed by atoms with Crippen LogP contribution < -0.4 is 5.73 Å². The number of carbonyl (C=O) groups is 2. The minimum atomic E-state index is -0.403. The van der Waals surface area contributed by atoms with Crippen molar-refractivity contribution >= 4 is 23.0 Å². The van der Waals surface area contributed by atoms with E-state index in [1.807, 2.05) is 12.1 Å². The molecule has 0 radical (unpaired) electrons. The zero-order chi connectivity index (χ0) is 20.5. The highest BCUT2D eigenvalue weighted by Gasteiger charge is 2.27. The van der Waals surface area contributed by atoms with Crippen molar-refractivity contribution in [3.8, 4) is 0 Å². The first-order chi connectivity index (χ1) is 13.2. The number of nitrogens with zero attached hydrogens (tertiary/aromatic N) is 1. The molecular formula is C23H30N2O2S. The standard InChI is InChI=1S/C23H30N2O2S/c1-5-25-11-10-18-20(14-25)28-19(21(18)22(24)27)13-17(26)12-15-6-8-16(9-7-15)23(2,3)4/h6-9H,5,10-14H2,1-4H3,(H2,24,27). The van der Waals surface area contributed by atoms with Crippen molar-refractivity contribution in [2.45, 2.75) is 58.9 Å². The van der Waals surface area contributed by atoms with Gasteiger partial charge in [-0.1, -0.05) is 52.0 Å². The second-order valence-electron chi connectivity index (χ2n) is 8.62. The predicted octanol–water partition coefficient (Wildman–Crippen LogP) is 3.88. The summed E-state index contributed by atoms with van der Waals surface area (Å²) in [5, 5.41) is 0. The molecule has 1 aromatic carbocycles. The van der Waals surface area contributed by atoms with E-state index < -0.39 is 5.91 Å². The molecule has 0 aliphatic carbocycles. The maximum atomic E-state index is 12.7. The van der Waals surface area contributed by atoms with Crippen LogP contribution in [0.15, 0.2) is 24.3 Å². The number of primary amides is 1. The second-order valence-corrected chi connectivity index (χ2v) is 9.81. The third kappa shape index (κ3) is 4.53. The first-order valence-corrected chi connectivity index (χ1v) is 10.8. The summed E-state index contributed by atoms with van der Waals surface area (Å²) in [6.07, 6.45) is 1.50. The lowest BCUT2D eigenvalue weighted by molar-refractivity contribution is -0.117. The number of hydrogen-bond acceptors (Lipinski definition) is 4.